The molecule has 2 N–H and O–H groups in total. The zero-order valence-corrected chi connectivity index (χ0v) is 14.4. The fourth-order valence-corrected chi connectivity index (χ4v) is 2.80. The minimum Gasteiger partial charge on any atom is -0.338 e. The SMILES string of the molecule is CCCc1noc(CN(C)[C@@H](C)c2cccc(S(N)(=O)=O)c2)n1. The van der Waals surface area contributed by atoms with E-state index in [9.17, 15) is 8.42 Å². The first-order chi connectivity index (χ1) is 10.8. The highest BCUT2D eigenvalue weighted by Crippen LogP contribution is 2.22. The van der Waals surface area contributed by atoms with Gasteiger partial charge < -0.3 is 4.52 Å². The summed E-state index contributed by atoms with van der Waals surface area (Å²) in [6, 6.07) is 6.60. The van der Waals surface area contributed by atoms with Gasteiger partial charge in [-0.1, -0.05) is 24.2 Å². The average Bonchev–Trinajstić information content (AvgIpc) is 2.93. The van der Waals surface area contributed by atoms with Gasteiger partial charge in [0.25, 0.3) is 0 Å². The first-order valence-corrected chi connectivity index (χ1v) is 9.00. The molecule has 126 valence electrons. The minimum atomic E-state index is -3.71. The van der Waals surface area contributed by atoms with Crippen molar-refractivity contribution in [2.45, 2.75) is 44.2 Å². The molecular formula is C15H22N4O3S. The standard InChI is InChI=1S/C15H22N4O3S/c1-4-6-14-17-15(22-18-14)10-19(3)11(2)12-7-5-8-13(9-12)23(16,20)21/h5,7-9,11H,4,6,10H2,1-3H3,(H2,16,20,21)/t11-/m0/s1. The number of aryl methyl sites for hydroxylation is 1. The molecule has 0 fully saturated rings. The summed E-state index contributed by atoms with van der Waals surface area (Å²) in [5.41, 5.74) is 0.854. The lowest BCUT2D eigenvalue weighted by molar-refractivity contribution is 0.216. The number of hydrogen-bond donors (Lipinski definition) is 1. The molecule has 1 heterocycles. The molecule has 0 aliphatic heterocycles. The van der Waals surface area contributed by atoms with Crippen molar-refractivity contribution >= 4 is 10.0 Å². The smallest absolute Gasteiger partial charge is 0.240 e. The van der Waals surface area contributed by atoms with Gasteiger partial charge >= 0.3 is 0 Å². The number of benzene rings is 1. The summed E-state index contributed by atoms with van der Waals surface area (Å²) in [4.78, 5) is 6.45. The van der Waals surface area contributed by atoms with Crippen molar-refractivity contribution in [1.82, 2.24) is 15.0 Å². The van der Waals surface area contributed by atoms with Crippen molar-refractivity contribution < 1.29 is 12.9 Å². The average molecular weight is 338 g/mol. The summed E-state index contributed by atoms with van der Waals surface area (Å²) in [6.45, 7) is 4.52. The first-order valence-electron chi connectivity index (χ1n) is 7.45. The van der Waals surface area contributed by atoms with Gasteiger partial charge in [-0.2, -0.15) is 4.98 Å². The van der Waals surface area contributed by atoms with Crippen LogP contribution < -0.4 is 5.14 Å². The topological polar surface area (TPSA) is 102 Å². The van der Waals surface area contributed by atoms with Gasteiger partial charge in [-0.3, -0.25) is 4.90 Å². The molecular weight excluding hydrogens is 316 g/mol. The first kappa shape index (κ1) is 17.6. The van der Waals surface area contributed by atoms with Crippen LogP contribution in [0.5, 0.6) is 0 Å². The minimum absolute atomic E-state index is 0.0294. The van der Waals surface area contributed by atoms with Gasteiger partial charge in [-0.15, -0.1) is 0 Å². The van der Waals surface area contributed by atoms with Gasteiger partial charge in [0.2, 0.25) is 15.9 Å². The van der Waals surface area contributed by atoms with E-state index < -0.39 is 10.0 Å². The van der Waals surface area contributed by atoms with Gasteiger partial charge in [0.1, 0.15) is 0 Å². The van der Waals surface area contributed by atoms with Crippen LogP contribution in [0, 0.1) is 0 Å². The molecule has 2 rings (SSSR count). The lowest BCUT2D eigenvalue weighted by Gasteiger charge is -2.23. The molecule has 1 aromatic heterocycles. The second-order valence-electron chi connectivity index (χ2n) is 5.56. The Balaban J connectivity index is 2.11. The Morgan fingerprint density at radius 3 is 2.78 bits per heavy atom. The summed E-state index contributed by atoms with van der Waals surface area (Å²) in [5, 5.41) is 9.11. The molecule has 1 aromatic carbocycles. The predicted octanol–water partition coefficient (Wildman–Crippen LogP) is 1.86. The Morgan fingerprint density at radius 2 is 2.13 bits per heavy atom. The Morgan fingerprint density at radius 1 is 1.39 bits per heavy atom. The maximum atomic E-state index is 11.5. The summed E-state index contributed by atoms with van der Waals surface area (Å²) in [6.07, 6.45) is 1.75. The van der Waals surface area contributed by atoms with E-state index in [-0.39, 0.29) is 10.9 Å². The summed E-state index contributed by atoms with van der Waals surface area (Å²) in [7, 11) is -1.79. The number of hydrogen-bond acceptors (Lipinski definition) is 6. The number of nitrogens with zero attached hydrogens (tertiary/aromatic N) is 3. The van der Waals surface area contributed by atoms with Crippen LogP contribution in [0.15, 0.2) is 33.7 Å². The van der Waals surface area contributed by atoms with Gasteiger partial charge in [-0.05, 0) is 38.1 Å². The quantitative estimate of drug-likeness (QED) is 0.826. The number of primary sulfonamides is 1. The molecule has 0 radical (unpaired) electrons. The second kappa shape index (κ2) is 7.20. The van der Waals surface area contributed by atoms with E-state index in [4.69, 9.17) is 9.66 Å². The highest BCUT2D eigenvalue weighted by Gasteiger charge is 2.17. The van der Waals surface area contributed by atoms with Crippen LogP contribution in [-0.4, -0.2) is 30.5 Å². The van der Waals surface area contributed by atoms with E-state index in [0.29, 0.717) is 18.3 Å². The van der Waals surface area contributed by atoms with Gasteiger partial charge in [-0.25, -0.2) is 13.6 Å². The van der Waals surface area contributed by atoms with E-state index in [1.54, 1.807) is 12.1 Å². The fraction of sp³-hybridized carbons (Fsp3) is 0.467. The highest BCUT2D eigenvalue weighted by molar-refractivity contribution is 7.89. The van der Waals surface area contributed by atoms with Gasteiger partial charge in [0.15, 0.2) is 5.82 Å². The molecule has 0 aliphatic carbocycles. The molecule has 2 aromatic rings. The third-order valence-electron chi connectivity index (χ3n) is 3.70. The molecule has 1 atom stereocenters. The molecule has 0 aliphatic rings. The third kappa shape index (κ3) is 4.60. The van der Waals surface area contributed by atoms with Crippen molar-refractivity contribution in [1.29, 1.82) is 0 Å². The van der Waals surface area contributed by atoms with Crippen molar-refractivity contribution in [3.05, 3.63) is 41.5 Å². The Hall–Kier alpha value is -1.77. The van der Waals surface area contributed by atoms with E-state index in [1.807, 2.05) is 24.9 Å². The van der Waals surface area contributed by atoms with Crippen LogP contribution in [0.25, 0.3) is 0 Å². The summed E-state index contributed by atoms with van der Waals surface area (Å²) >= 11 is 0. The normalized spacial score (nSPS) is 13.4. The van der Waals surface area contributed by atoms with E-state index in [1.165, 1.54) is 6.07 Å². The number of nitrogens with two attached hydrogens (primary N) is 1. The van der Waals surface area contributed by atoms with Crippen molar-refractivity contribution in [3.8, 4) is 0 Å². The number of aromatic nitrogens is 2. The predicted molar refractivity (Wildman–Crippen MR) is 86.0 cm³/mol. The highest BCUT2D eigenvalue weighted by atomic mass is 32.2. The Labute approximate surface area is 136 Å². The largest absolute Gasteiger partial charge is 0.338 e. The summed E-state index contributed by atoms with van der Waals surface area (Å²) < 4.78 is 28.2. The Bertz CT molecular complexity index is 758. The zero-order valence-electron chi connectivity index (χ0n) is 13.6. The molecule has 0 saturated carbocycles. The lowest BCUT2D eigenvalue weighted by Crippen LogP contribution is -2.22. The fourth-order valence-electron chi connectivity index (χ4n) is 2.24. The molecule has 0 saturated heterocycles. The van der Waals surface area contributed by atoms with Gasteiger partial charge in [0.05, 0.1) is 11.4 Å². The molecule has 0 spiro atoms. The Kier molecular flexibility index (Phi) is 5.51. The van der Waals surface area contributed by atoms with Crippen molar-refractivity contribution in [2.75, 3.05) is 7.05 Å². The van der Waals surface area contributed by atoms with Crippen molar-refractivity contribution in [3.63, 3.8) is 0 Å². The maximum Gasteiger partial charge on any atom is 0.240 e. The molecule has 0 bridgehead atoms. The van der Waals surface area contributed by atoms with Crippen LogP contribution in [0.3, 0.4) is 0 Å². The van der Waals surface area contributed by atoms with E-state index in [2.05, 4.69) is 17.1 Å². The molecule has 8 heteroatoms. The number of rotatable bonds is 7. The molecule has 23 heavy (non-hydrogen) atoms. The van der Waals surface area contributed by atoms with Crippen LogP contribution in [0.2, 0.25) is 0 Å². The van der Waals surface area contributed by atoms with E-state index >= 15 is 0 Å². The zero-order chi connectivity index (χ0) is 17.0. The van der Waals surface area contributed by atoms with Crippen LogP contribution >= 0.6 is 0 Å². The molecule has 0 amide bonds. The summed E-state index contributed by atoms with van der Waals surface area (Å²) in [5.74, 6) is 1.25. The van der Waals surface area contributed by atoms with Crippen LogP contribution in [0.1, 0.15) is 43.6 Å². The second-order valence-corrected chi connectivity index (χ2v) is 7.12. The van der Waals surface area contributed by atoms with Gasteiger partial charge in [0, 0.05) is 12.5 Å². The molecule has 7 nitrogen and oxygen atoms in total. The molecule has 0 unspecified atom stereocenters. The maximum absolute atomic E-state index is 11.5. The van der Waals surface area contributed by atoms with Crippen LogP contribution in [0.4, 0.5) is 0 Å². The van der Waals surface area contributed by atoms with Crippen LogP contribution in [-0.2, 0) is 23.0 Å². The third-order valence-corrected chi connectivity index (χ3v) is 4.61. The lowest BCUT2D eigenvalue weighted by atomic mass is 10.1. The number of sulfonamides is 1. The van der Waals surface area contributed by atoms with E-state index in [0.717, 1.165) is 18.4 Å². The van der Waals surface area contributed by atoms with Crippen molar-refractivity contribution in [2.24, 2.45) is 5.14 Å². The monoisotopic (exact) mass is 338 g/mol.